The number of carbonyl (C=O) groups is 1. The van der Waals surface area contributed by atoms with Crippen LogP contribution in [0.25, 0.3) is 10.4 Å². The van der Waals surface area contributed by atoms with E-state index in [1.807, 2.05) is 13.8 Å². The summed E-state index contributed by atoms with van der Waals surface area (Å²) in [5, 5.41) is 3.95. The summed E-state index contributed by atoms with van der Waals surface area (Å²) < 4.78 is 17.6. The highest BCUT2D eigenvalue weighted by Crippen LogP contribution is 2.41. The largest absolute Gasteiger partial charge is 0.463 e. The van der Waals surface area contributed by atoms with E-state index in [4.69, 9.17) is 19.4 Å². The van der Waals surface area contributed by atoms with E-state index in [-0.39, 0.29) is 35.6 Å². The van der Waals surface area contributed by atoms with E-state index >= 15 is 0 Å². The summed E-state index contributed by atoms with van der Waals surface area (Å²) in [5.74, 6) is -0.193. The van der Waals surface area contributed by atoms with E-state index in [2.05, 4.69) is 43.9 Å². The molecule has 0 radical (unpaired) electrons. The van der Waals surface area contributed by atoms with Gasteiger partial charge in [0.25, 0.3) is 0 Å². The number of azide groups is 1. The van der Waals surface area contributed by atoms with Gasteiger partial charge in [-0.1, -0.05) is 39.7 Å². The quantitative estimate of drug-likeness (QED) is 0.242. The summed E-state index contributed by atoms with van der Waals surface area (Å²) in [4.78, 5) is 14.1. The van der Waals surface area contributed by atoms with Crippen LogP contribution in [0.15, 0.2) is 5.11 Å². The number of rotatable bonds is 5. The Bertz CT molecular complexity index is 500. The number of esters is 1. The van der Waals surface area contributed by atoms with Crippen LogP contribution in [-0.4, -0.2) is 39.3 Å². The van der Waals surface area contributed by atoms with Crippen molar-refractivity contribution in [2.45, 2.75) is 78.1 Å². The molecule has 0 N–H and O–H groups in total. The Kier molecular flexibility index (Phi) is 6.87. The Morgan fingerprint density at radius 2 is 1.88 bits per heavy atom. The van der Waals surface area contributed by atoms with Crippen LogP contribution in [0.4, 0.5) is 0 Å². The van der Waals surface area contributed by atoms with E-state index in [0.717, 1.165) is 0 Å². The highest BCUT2D eigenvalue weighted by Gasteiger charge is 2.47. The maximum atomic E-state index is 11.1. The number of hydrogen-bond donors (Lipinski definition) is 0. The molecule has 1 saturated heterocycles. The molecule has 0 bridgehead atoms. The summed E-state index contributed by atoms with van der Waals surface area (Å²) in [7, 11) is -2.11. The lowest BCUT2D eigenvalue weighted by Crippen LogP contribution is -2.55. The van der Waals surface area contributed by atoms with Crippen molar-refractivity contribution in [3.63, 3.8) is 0 Å². The molecule has 0 aromatic carbocycles. The normalized spacial score (nSPS) is 31.2. The zero-order valence-corrected chi connectivity index (χ0v) is 17.1. The lowest BCUT2D eigenvalue weighted by molar-refractivity contribution is -0.211. The van der Waals surface area contributed by atoms with Crippen molar-refractivity contribution >= 4 is 14.3 Å². The molecule has 0 aliphatic carbocycles. The summed E-state index contributed by atoms with van der Waals surface area (Å²) in [6, 6.07) is -0.396. The van der Waals surface area contributed by atoms with Gasteiger partial charge in [-0.25, -0.2) is 0 Å². The van der Waals surface area contributed by atoms with Crippen molar-refractivity contribution in [1.82, 2.24) is 0 Å². The van der Waals surface area contributed by atoms with Crippen LogP contribution in [-0.2, 0) is 18.7 Å². The maximum absolute atomic E-state index is 11.1. The highest BCUT2D eigenvalue weighted by molar-refractivity contribution is 6.74. The van der Waals surface area contributed by atoms with Gasteiger partial charge in [-0.15, -0.1) is 0 Å². The number of carbonyl (C=O) groups excluding carboxylic acids is 1. The van der Waals surface area contributed by atoms with Crippen molar-refractivity contribution < 1.29 is 18.7 Å². The lowest BCUT2D eigenvalue weighted by Gasteiger charge is -2.47. The molecule has 0 amide bonds. The molecule has 7 nitrogen and oxygen atoms in total. The minimum Gasteiger partial charge on any atom is -0.463 e. The van der Waals surface area contributed by atoms with Crippen LogP contribution >= 0.6 is 0 Å². The van der Waals surface area contributed by atoms with Gasteiger partial charge >= 0.3 is 5.97 Å². The molecule has 1 aliphatic heterocycles. The minimum atomic E-state index is -2.11. The molecule has 2 unspecified atom stereocenters. The molecule has 0 saturated carbocycles. The van der Waals surface area contributed by atoms with E-state index < -0.39 is 20.6 Å². The first-order chi connectivity index (χ1) is 10.9. The number of nitrogens with zero attached hydrogens (tertiary/aromatic N) is 3. The van der Waals surface area contributed by atoms with Gasteiger partial charge in [-0.05, 0) is 35.5 Å². The highest BCUT2D eigenvalue weighted by atomic mass is 28.4. The predicted octanol–water partition coefficient (Wildman–Crippen LogP) is 4.25. The molecular formula is C16H31N3O4Si. The molecule has 5 atom stereocenters. The van der Waals surface area contributed by atoms with Crippen LogP contribution in [0.3, 0.4) is 0 Å². The summed E-state index contributed by atoms with van der Waals surface area (Å²) in [6.07, 6.45) is -0.891. The van der Waals surface area contributed by atoms with Gasteiger partial charge in [0.2, 0.25) is 0 Å². The second-order valence-electron chi connectivity index (χ2n) is 8.14. The predicted molar refractivity (Wildman–Crippen MR) is 94.8 cm³/mol. The topological polar surface area (TPSA) is 93.5 Å². The fraction of sp³-hybridized carbons (Fsp3) is 0.938. The van der Waals surface area contributed by atoms with Crippen molar-refractivity contribution in [2.24, 2.45) is 17.0 Å². The average Bonchev–Trinajstić information content (AvgIpc) is 2.43. The first-order valence-electron chi connectivity index (χ1n) is 8.41. The Balaban J connectivity index is 3.02. The molecule has 1 heterocycles. The summed E-state index contributed by atoms with van der Waals surface area (Å²) >= 11 is 0. The zero-order chi connectivity index (χ0) is 18.7. The monoisotopic (exact) mass is 357 g/mol. The van der Waals surface area contributed by atoms with Gasteiger partial charge in [0.05, 0.1) is 12.1 Å². The molecule has 0 aromatic heterocycles. The Morgan fingerprint density at radius 3 is 2.33 bits per heavy atom. The molecule has 0 spiro atoms. The number of hydrogen-bond acceptors (Lipinski definition) is 5. The molecular weight excluding hydrogens is 326 g/mol. The first kappa shape index (κ1) is 21.0. The van der Waals surface area contributed by atoms with Gasteiger partial charge in [-0.2, -0.15) is 0 Å². The van der Waals surface area contributed by atoms with Gasteiger partial charge in [0.1, 0.15) is 6.61 Å². The van der Waals surface area contributed by atoms with Crippen molar-refractivity contribution in [1.29, 1.82) is 0 Å². The van der Waals surface area contributed by atoms with Crippen LogP contribution in [0.5, 0.6) is 0 Å². The Labute approximate surface area is 145 Å². The molecule has 1 rings (SSSR count). The third-order valence-corrected chi connectivity index (χ3v) is 9.83. The van der Waals surface area contributed by atoms with E-state index in [1.165, 1.54) is 6.92 Å². The second-order valence-corrected chi connectivity index (χ2v) is 12.9. The number of ether oxygens (including phenoxy) is 2. The third-order valence-electron chi connectivity index (χ3n) is 5.40. The van der Waals surface area contributed by atoms with Crippen molar-refractivity contribution in [3.8, 4) is 0 Å². The fourth-order valence-electron chi connectivity index (χ4n) is 2.45. The van der Waals surface area contributed by atoms with Crippen molar-refractivity contribution in [3.05, 3.63) is 10.4 Å². The molecule has 138 valence electrons. The van der Waals surface area contributed by atoms with Crippen LogP contribution in [0.1, 0.15) is 41.5 Å². The first-order valence-corrected chi connectivity index (χ1v) is 11.3. The summed E-state index contributed by atoms with van der Waals surface area (Å²) in [5.41, 5.74) is 8.93. The minimum absolute atomic E-state index is 0.00888. The van der Waals surface area contributed by atoms with E-state index in [1.54, 1.807) is 0 Å². The third kappa shape index (κ3) is 4.96. The SMILES string of the molecule is CC(=O)OCC1OC(O[Si](C)(C)C(C)(C)C)[C@@H](N=[N+]=[N-])[C@@H](C)[C@@H]1C. The summed E-state index contributed by atoms with van der Waals surface area (Å²) in [6.45, 7) is 16.3. The van der Waals surface area contributed by atoms with Crippen LogP contribution in [0, 0.1) is 11.8 Å². The standard InChI is InChI=1S/C16H31N3O4Si/c1-10-11(2)14(18-19-17)15(22-13(10)9-21-12(3)20)23-24(7,8)16(4,5)6/h10-11,13-15H,9H2,1-8H3/t10-,11-,13?,14-,15?/m0/s1. The zero-order valence-electron chi connectivity index (χ0n) is 16.1. The van der Waals surface area contributed by atoms with Crippen molar-refractivity contribution in [2.75, 3.05) is 6.61 Å². The van der Waals surface area contributed by atoms with E-state index in [0.29, 0.717) is 0 Å². The molecule has 1 fully saturated rings. The lowest BCUT2D eigenvalue weighted by atomic mass is 9.82. The molecule has 24 heavy (non-hydrogen) atoms. The fourth-order valence-corrected chi connectivity index (χ4v) is 3.58. The van der Waals surface area contributed by atoms with Gasteiger partial charge < -0.3 is 13.9 Å². The molecule has 1 aliphatic rings. The molecule has 8 heteroatoms. The Morgan fingerprint density at radius 1 is 1.29 bits per heavy atom. The second kappa shape index (κ2) is 7.87. The van der Waals surface area contributed by atoms with Crippen LogP contribution < -0.4 is 0 Å². The molecule has 0 aromatic rings. The van der Waals surface area contributed by atoms with Gasteiger partial charge in [0.15, 0.2) is 14.6 Å². The van der Waals surface area contributed by atoms with Crippen LogP contribution in [0.2, 0.25) is 18.1 Å². The average molecular weight is 358 g/mol. The van der Waals surface area contributed by atoms with E-state index in [9.17, 15) is 4.79 Å². The Hall–Kier alpha value is -1.08. The van der Waals surface area contributed by atoms with Gasteiger partial charge in [0, 0.05) is 11.8 Å². The smallest absolute Gasteiger partial charge is 0.302 e. The maximum Gasteiger partial charge on any atom is 0.302 e. The van der Waals surface area contributed by atoms with Gasteiger partial charge in [-0.3, -0.25) is 4.79 Å².